The number of hydrogen-bond donors (Lipinski definition) is 1. The predicted octanol–water partition coefficient (Wildman–Crippen LogP) is 2.96. The third-order valence-corrected chi connectivity index (χ3v) is 7.14. The van der Waals surface area contributed by atoms with Crippen molar-refractivity contribution >= 4 is 22.7 Å². The van der Waals surface area contributed by atoms with Crippen LogP contribution in [0, 0.1) is 0 Å². The summed E-state index contributed by atoms with van der Waals surface area (Å²) in [5.74, 6) is 0.666. The van der Waals surface area contributed by atoms with Gasteiger partial charge in [-0.2, -0.15) is 10.2 Å². The highest BCUT2D eigenvalue weighted by molar-refractivity contribution is 5.94. The van der Waals surface area contributed by atoms with E-state index in [-0.39, 0.29) is 24.4 Å². The highest BCUT2D eigenvalue weighted by atomic mass is 16.5. The molecule has 2 aromatic carbocycles. The minimum atomic E-state index is -0.144. The van der Waals surface area contributed by atoms with Crippen molar-refractivity contribution in [1.82, 2.24) is 29.8 Å². The van der Waals surface area contributed by atoms with Gasteiger partial charge in [0.2, 0.25) is 5.91 Å². The lowest BCUT2D eigenvalue weighted by Gasteiger charge is -2.28. The number of nitrogens with one attached hydrogen (secondary N) is 1. The van der Waals surface area contributed by atoms with Crippen LogP contribution in [-0.2, 0) is 37.3 Å². The van der Waals surface area contributed by atoms with Crippen LogP contribution in [0.3, 0.4) is 0 Å². The Morgan fingerprint density at radius 2 is 1.89 bits per heavy atom. The summed E-state index contributed by atoms with van der Waals surface area (Å²) in [6, 6.07) is 16.1. The van der Waals surface area contributed by atoms with Crippen molar-refractivity contribution in [2.45, 2.75) is 51.4 Å². The topological polar surface area (TPSA) is 94.3 Å². The molecule has 9 nitrogen and oxygen atoms in total. The Balaban J connectivity index is 1.20. The monoisotopic (exact) mass is 498 g/mol. The van der Waals surface area contributed by atoms with Gasteiger partial charge in [-0.3, -0.25) is 19.0 Å². The van der Waals surface area contributed by atoms with Crippen LogP contribution in [0.1, 0.15) is 40.2 Å². The van der Waals surface area contributed by atoms with Crippen molar-refractivity contribution in [1.29, 1.82) is 0 Å². The molecule has 2 aliphatic rings. The first-order valence-electron chi connectivity index (χ1n) is 12.8. The van der Waals surface area contributed by atoms with Crippen molar-refractivity contribution in [2.75, 3.05) is 13.7 Å². The second-order valence-corrected chi connectivity index (χ2v) is 9.79. The van der Waals surface area contributed by atoms with E-state index in [4.69, 9.17) is 9.84 Å². The van der Waals surface area contributed by atoms with Gasteiger partial charge in [-0.25, -0.2) is 0 Å². The molecule has 1 aliphatic heterocycles. The van der Waals surface area contributed by atoms with Crippen LogP contribution in [0.5, 0.6) is 5.75 Å². The van der Waals surface area contributed by atoms with E-state index in [0.717, 1.165) is 47.2 Å². The molecule has 0 bridgehead atoms. The molecule has 1 fully saturated rings. The SMILES string of the molecule is COc1ccc(CCn2nc(C(=O)NC3CC3)c3c2CCN(C(=O)Cn2cc4ccccc4n2)C3)cc1. The molecule has 0 unspecified atom stereocenters. The van der Waals surface area contributed by atoms with Crippen LogP contribution < -0.4 is 10.1 Å². The minimum Gasteiger partial charge on any atom is -0.497 e. The lowest BCUT2D eigenvalue weighted by atomic mass is 10.0. The molecule has 0 radical (unpaired) electrons. The summed E-state index contributed by atoms with van der Waals surface area (Å²) >= 11 is 0. The lowest BCUT2D eigenvalue weighted by molar-refractivity contribution is -0.133. The number of carbonyl (C=O) groups excluding carboxylic acids is 2. The van der Waals surface area contributed by atoms with Gasteiger partial charge in [0.25, 0.3) is 5.91 Å². The maximum Gasteiger partial charge on any atom is 0.272 e. The number of amides is 2. The molecule has 3 heterocycles. The lowest BCUT2D eigenvalue weighted by Crippen LogP contribution is -2.39. The number of methoxy groups -OCH3 is 1. The smallest absolute Gasteiger partial charge is 0.272 e. The molecule has 0 atom stereocenters. The van der Waals surface area contributed by atoms with Crippen molar-refractivity contribution in [3.63, 3.8) is 0 Å². The Kier molecular flexibility index (Phi) is 6.12. The first kappa shape index (κ1) is 23.3. The largest absolute Gasteiger partial charge is 0.497 e. The minimum absolute atomic E-state index is 0.0157. The summed E-state index contributed by atoms with van der Waals surface area (Å²) in [6.07, 6.45) is 5.37. The Morgan fingerprint density at radius 1 is 1.08 bits per heavy atom. The van der Waals surface area contributed by atoms with Crippen LogP contribution in [0.4, 0.5) is 0 Å². The molecular formula is C28H30N6O3. The number of benzene rings is 2. The van der Waals surface area contributed by atoms with Gasteiger partial charge in [-0.1, -0.05) is 30.3 Å². The van der Waals surface area contributed by atoms with Gasteiger partial charge < -0.3 is 15.0 Å². The van der Waals surface area contributed by atoms with Crippen LogP contribution in [0.25, 0.3) is 10.9 Å². The van der Waals surface area contributed by atoms with E-state index in [0.29, 0.717) is 31.7 Å². The molecule has 1 aliphatic carbocycles. The Hall–Kier alpha value is -4.14. The molecule has 9 heteroatoms. The van der Waals surface area contributed by atoms with Crippen LogP contribution in [0.15, 0.2) is 54.7 Å². The number of carbonyl (C=O) groups is 2. The average Bonchev–Trinajstić information content (AvgIpc) is 3.52. The summed E-state index contributed by atoms with van der Waals surface area (Å²) in [4.78, 5) is 28.1. The predicted molar refractivity (Wildman–Crippen MR) is 138 cm³/mol. The fourth-order valence-corrected chi connectivity index (χ4v) is 4.91. The second-order valence-electron chi connectivity index (χ2n) is 9.79. The Bertz CT molecular complexity index is 1420. The molecule has 1 saturated carbocycles. The van der Waals surface area contributed by atoms with E-state index in [1.807, 2.05) is 52.2 Å². The summed E-state index contributed by atoms with van der Waals surface area (Å²) in [7, 11) is 1.66. The van der Waals surface area contributed by atoms with E-state index in [1.165, 1.54) is 5.56 Å². The van der Waals surface area contributed by atoms with Gasteiger partial charge in [0.15, 0.2) is 5.69 Å². The van der Waals surface area contributed by atoms with Crippen molar-refractivity contribution < 1.29 is 14.3 Å². The summed E-state index contributed by atoms with van der Waals surface area (Å²) in [5.41, 5.74) is 4.39. The Labute approximate surface area is 215 Å². The zero-order valence-electron chi connectivity index (χ0n) is 20.9. The van der Waals surface area contributed by atoms with Crippen LogP contribution in [0.2, 0.25) is 0 Å². The number of aryl methyl sites for hydroxylation is 2. The third-order valence-electron chi connectivity index (χ3n) is 7.14. The van der Waals surface area contributed by atoms with Gasteiger partial charge in [-0.15, -0.1) is 0 Å². The normalized spacial score (nSPS) is 15.0. The average molecular weight is 499 g/mol. The number of fused-ring (bicyclic) bond motifs is 2. The van der Waals surface area contributed by atoms with Gasteiger partial charge >= 0.3 is 0 Å². The molecular weight excluding hydrogens is 468 g/mol. The second kappa shape index (κ2) is 9.72. The molecule has 2 amide bonds. The van der Waals surface area contributed by atoms with Gasteiger partial charge in [0.1, 0.15) is 12.3 Å². The van der Waals surface area contributed by atoms with E-state index in [2.05, 4.69) is 22.5 Å². The van der Waals surface area contributed by atoms with Crippen LogP contribution in [-0.4, -0.2) is 56.0 Å². The summed E-state index contributed by atoms with van der Waals surface area (Å²) in [6.45, 7) is 1.80. The van der Waals surface area contributed by atoms with Crippen LogP contribution >= 0.6 is 0 Å². The number of hydrogen-bond acceptors (Lipinski definition) is 5. The maximum atomic E-state index is 13.2. The number of nitrogens with zero attached hydrogens (tertiary/aromatic N) is 5. The molecule has 2 aromatic heterocycles. The fraction of sp³-hybridized carbons (Fsp3) is 0.357. The molecule has 6 rings (SSSR count). The quantitative estimate of drug-likeness (QED) is 0.403. The first-order valence-corrected chi connectivity index (χ1v) is 12.8. The third kappa shape index (κ3) is 4.94. The van der Waals surface area contributed by atoms with E-state index >= 15 is 0 Å². The standard InChI is InChI=1S/C28H30N6O3/c1-37-22-10-6-19(7-11-22)12-15-34-25-13-14-32(17-23(25)27(31-34)28(36)29-21-8-9-21)26(35)18-33-16-20-4-2-3-5-24(20)30-33/h2-7,10-11,16,21H,8-9,12-15,17-18H2,1H3,(H,29,36). The van der Waals surface area contributed by atoms with Gasteiger partial charge in [0.05, 0.1) is 12.6 Å². The number of aromatic nitrogens is 4. The Morgan fingerprint density at radius 3 is 2.65 bits per heavy atom. The molecule has 1 N–H and O–H groups in total. The summed E-state index contributed by atoms with van der Waals surface area (Å²) in [5, 5.41) is 13.4. The maximum absolute atomic E-state index is 13.2. The van der Waals surface area contributed by atoms with Crippen molar-refractivity contribution in [2.24, 2.45) is 0 Å². The molecule has 190 valence electrons. The zero-order valence-corrected chi connectivity index (χ0v) is 20.9. The molecule has 4 aromatic rings. The van der Waals surface area contributed by atoms with E-state index in [9.17, 15) is 9.59 Å². The van der Waals surface area contributed by atoms with E-state index in [1.54, 1.807) is 11.8 Å². The highest BCUT2D eigenvalue weighted by Gasteiger charge is 2.32. The number of rotatable bonds is 8. The van der Waals surface area contributed by atoms with Gasteiger partial charge in [-0.05, 0) is 43.0 Å². The molecule has 0 spiro atoms. The molecule has 37 heavy (non-hydrogen) atoms. The number of ether oxygens (including phenoxy) is 1. The first-order chi connectivity index (χ1) is 18.1. The highest BCUT2D eigenvalue weighted by Crippen LogP contribution is 2.26. The zero-order chi connectivity index (χ0) is 25.4. The molecule has 0 saturated heterocycles. The van der Waals surface area contributed by atoms with Crippen molar-refractivity contribution in [3.8, 4) is 5.75 Å². The van der Waals surface area contributed by atoms with Gasteiger partial charge in [0, 0.05) is 54.9 Å². The fourth-order valence-electron chi connectivity index (χ4n) is 4.91. The summed E-state index contributed by atoms with van der Waals surface area (Å²) < 4.78 is 8.91. The van der Waals surface area contributed by atoms with E-state index < -0.39 is 0 Å². The van der Waals surface area contributed by atoms with Crippen molar-refractivity contribution in [3.05, 3.63) is 77.2 Å².